The molecule has 0 radical (unpaired) electrons. The molecule has 7 rings (SSSR count). The average molecular weight is 833 g/mol. The van der Waals surface area contributed by atoms with Gasteiger partial charge in [-0.1, -0.05) is 107 Å². The zero-order valence-electron chi connectivity index (χ0n) is 28.6. The number of hydrogen-bond acceptors (Lipinski definition) is 16. The van der Waals surface area contributed by atoms with Crippen LogP contribution in [-0.4, -0.2) is 77.5 Å². The molecule has 3 aromatic carbocycles. The highest BCUT2D eigenvalue weighted by atomic mass is 32.2. The first-order valence-corrected chi connectivity index (χ1v) is 21.3. The van der Waals surface area contributed by atoms with E-state index in [4.69, 9.17) is 21.3 Å². The molecule has 1 fully saturated rings. The summed E-state index contributed by atoms with van der Waals surface area (Å²) in [6.45, 7) is 0.523. The maximum atomic E-state index is 14.0. The van der Waals surface area contributed by atoms with Crippen molar-refractivity contribution < 1.29 is 29.4 Å². The number of carbonyl (C=O) groups excluding carboxylic acids is 2. The van der Waals surface area contributed by atoms with Crippen LogP contribution in [0, 0.1) is 0 Å². The maximum absolute atomic E-state index is 14.0. The number of carboxylic acid groups (broad SMARTS) is 1. The third kappa shape index (κ3) is 7.99. The van der Waals surface area contributed by atoms with Crippen molar-refractivity contribution in [3.05, 3.63) is 135 Å². The van der Waals surface area contributed by atoms with Gasteiger partial charge < -0.3 is 21.9 Å². The number of carboxylic acids is 1. The number of nitrogens with zero attached hydrogens (tertiary/aromatic N) is 5. The van der Waals surface area contributed by atoms with Crippen LogP contribution in [0.5, 0.6) is 0 Å². The van der Waals surface area contributed by atoms with Crippen molar-refractivity contribution in [3.63, 3.8) is 0 Å². The fraction of sp³-hybridized carbons (Fsp3) is 0.194. The van der Waals surface area contributed by atoms with Crippen LogP contribution in [0.3, 0.4) is 0 Å². The largest absolute Gasteiger partial charge is 0.477 e. The summed E-state index contributed by atoms with van der Waals surface area (Å²) in [5, 5.41) is 22.4. The molecule has 4 heterocycles. The Morgan fingerprint density at radius 1 is 1.02 bits per heavy atom. The molecule has 2 aromatic heterocycles. The Balaban J connectivity index is 1.14. The standard InChI is InChI=1S/C36H32N8O6S5/c37-16-17-51-18-25-34(55-43-41-25)54-26-20-52-32-28(31(46)44(32)29(26)33(47)48)40-30(45)27(24-19-53-35(38)39-24)42-50-49-36(21-10-4-1-5-11-21,22-12-6-2-7-13-22)23-14-8-3-9-15-23/h1-15,19,28,32H,16-18,20,37H2,(H2,38,39)(H,40,45)(H,47,48)/b42-27-/t28-,32+/m1/s1. The van der Waals surface area contributed by atoms with Crippen LogP contribution in [0.1, 0.15) is 28.1 Å². The number of carbonyl (C=O) groups is 3. The van der Waals surface area contributed by atoms with E-state index in [0.717, 1.165) is 55.2 Å². The van der Waals surface area contributed by atoms with E-state index in [9.17, 15) is 19.5 Å². The highest BCUT2D eigenvalue weighted by Crippen LogP contribution is 2.46. The van der Waals surface area contributed by atoms with Gasteiger partial charge >= 0.3 is 5.97 Å². The fourth-order valence-electron chi connectivity index (χ4n) is 5.98. The number of amides is 2. The van der Waals surface area contributed by atoms with E-state index in [1.165, 1.54) is 33.8 Å². The van der Waals surface area contributed by atoms with E-state index in [-0.39, 0.29) is 28.0 Å². The van der Waals surface area contributed by atoms with Crippen LogP contribution < -0.4 is 16.8 Å². The second-order valence-corrected chi connectivity index (χ2v) is 17.1. The average Bonchev–Trinajstić information content (AvgIpc) is 3.85. The van der Waals surface area contributed by atoms with Gasteiger partial charge in [-0.05, 0) is 33.4 Å². The van der Waals surface area contributed by atoms with Crippen molar-refractivity contribution in [3.8, 4) is 0 Å². The molecule has 19 heteroatoms. The van der Waals surface area contributed by atoms with E-state index in [2.05, 4.69) is 25.0 Å². The number of β-lactam (4-membered cyclic amide) rings is 1. The van der Waals surface area contributed by atoms with Crippen molar-refractivity contribution in [2.24, 2.45) is 10.9 Å². The Bertz CT molecular complexity index is 2120. The first-order chi connectivity index (χ1) is 26.8. The number of nitrogens with two attached hydrogens (primary N) is 2. The number of rotatable bonds is 16. The summed E-state index contributed by atoms with van der Waals surface area (Å²) in [6, 6.07) is 27.3. The second kappa shape index (κ2) is 17.4. The molecular formula is C36H32N8O6S5. The summed E-state index contributed by atoms with van der Waals surface area (Å²) in [4.78, 5) is 58.1. The number of oxime groups is 1. The number of nitrogens with one attached hydrogen (secondary N) is 1. The second-order valence-electron chi connectivity index (χ2n) is 11.8. The Labute approximate surface area is 335 Å². The van der Waals surface area contributed by atoms with E-state index < -0.39 is 34.8 Å². The molecule has 55 heavy (non-hydrogen) atoms. The monoisotopic (exact) mass is 832 g/mol. The van der Waals surface area contributed by atoms with Gasteiger partial charge in [0.2, 0.25) is 0 Å². The Morgan fingerprint density at radius 3 is 2.22 bits per heavy atom. The van der Waals surface area contributed by atoms with Crippen molar-refractivity contribution in [1.82, 2.24) is 24.8 Å². The van der Waals surface area contributed by atoms with Gasteiger partial charge in [-0.2, -0.15) is 11.8 Å². The number of aliphatic carboxylic acids is 1. The molecule has 0 spiro atoms. The lowest BCUT2D eigenvalue weighted by atomic mass is 9.80. The smallest absolute Gasteiger partial charge is 0.353 e. The molecular weight excluding hydrogens is 801 g/mol. The zero-order valence-corrected chi connectivity index (χ0v) is 32.7. The Morgan fingerprint density at radius 2 is 1.65 bits per heavy atom. The lowest BCUT2D eigenvalue weighted by Gasteiger charge is -2.49. The van der Waals surface area contributed by atoms with E-state index in [0.29, 0.717) is 17.2 Å². The van der Waals surface area contributed by atoms with E-state index in [1.54, 1.807) is 11.8 Å². The molecule has 5 aromatic rings. The summed E-state index contributed by atoms with van der Waals surface area (Å²) in [5.74, 6) is -1.04. The Hall–Kier alpha value is -4.76. The van der Waals surface area contributed by atoms with E-state index >= 15 is 0 Å². The molecule has 2 aliphatic heterocycles. The number of thioether (sulfide) groups is 3. The first kappa shape index (κ1) is 38.5. The third-order valence-corrected chi connectivity index (χ3v) is 13.7. The maximum Gasteiger partial charge on any atom is 0.353 e. The van der Waals surface area contributed by atoms with Gasteiger partial charge in [0.1, 0.15) is 27.0 Å². The number of fused-ring (bicyclic) bond motifs is 1. The molecule has 14 nitrogen and oxygen atoms in total. The van der Waals surface area contributed by atoms with Crippen molar-refractivity contribution >= 4 is 86.8 Å². The van der Waals surface area contributed by atoms with Gasteiger partial charge in [0.15, 0.2) is 16.4 Å². The molecule has 0 saturated carbocycles. The van der Waals surface area contributed by atoms with Crippen LogP contribution in [-0.2, 0) is 35.6 Å². The van der Waals surface area contributed by atoms with Gasteiger partial charge in [0, 0.05) is 34.1 Å². The van der Waals surface area contributed by atoms with Crippen LogP contribution in [0.2, 0.25) is 0 Å². The number of aromatic nitrogens is 3. The summed E-state index contributed by atoms with van der Waals surface area (Å²) in [7, 11) is 0. The van der Waals surface area contributed by atoms with Gasteiger partial charge in [-0.25, -0.2) is 14.8 Å². The molecule has 0 unspecified atom stereocenters. The lowest BCUT2D eigenvalue weighted by molar-refractivity contribution is -0.346. The topological polar surface area (TPSA) is 208 Å². The van der Waals surface area contributed by atoms with Gasteiger partial charge in [0.05, 0.1) is 5.69 Å². The molecule has 2 aliphatic rings. The lowest BCUT2D eigenvalue weighted by Crippen LogP contribution is -2.71. The first-order valence-electron chi connectivity index (χ1n) is 16.6. The summed E-state index contributed by atoms with van der Waals surface area (Å²) >= 11 is 6.42. The minimum atomic E-state index is -1.33. The molecule has 0 aliphatic carbocycles. The molecule has 0 bridgehead atoms. The summed E-state index contributed by atoms with van der Waals surface area (Å²) in [5.41, 5.74) is 12.8. The van der Waals surface area contributed by atoms with Crippen LogP contribution >= 0.6 is 58.2 Å². The van der Waals surface area contributed by atoms with Gasteiger partial charge in [0.25, 0.3) is 11.8 Å². The molecule has 6 N–H and O–H groups in total. The van der Waals surface area contributed by atoms with Gasteiger partial charge in [-0.15, -0.1) is 33.1 Å². The van der Waals surface area contributed by atoms with E-state index in [1.807, 2.05) is 91.0 Å². The summed E-state index contributed by atoms with van der Waals surface area (Å²) in [6.07, 6.45) is 0. The van der Waals surface area contributed by atoms with Crippen molar-refractivity contribution in [1.29, 1.82) is 0 Å². The third-order valence-electron chi connectivity index (χ3n) is 8.47. The minimum Gasteiger partial charge on any atom is -0.477 e. The zero-order chi connectivity index (χ0) is 38.4. The SMILES string of the molecule is NCCSCc1nnsc1SC1=C(C(=O)O)N2C(=O)[C@@H](NC(=O)/C(=N\OOC(c3ccccc3)(c3ccccc3)c3ccccc3)c3csc(N)n3)[C@@H]2SC1. The highest BCUT2D eigenvalue weighted by molar-refractivity contribution is 8.07. The van der Waals surface area contributed by atoms with Crippen LogP contribution in [0.25, 0.3) is 0 Å². The van der Waals surface area contributed by atoms with Crippen molar-refractivity contribution in [2.75, 3.05) is 23.8 Å². The molecule has 2 atom stereocenters. The number of benzene rings is 3. The Kier molecular flexibility index (Phi) is 12.2. The minimum absolute atomic E-state index is 0.0941. The number of hydrogen-bond donors (Lipinski definition) is 4. The quantitative estimate of drug-likeness (QED) is 0.0261. The fourth-order valence-corrected chi connectivity index (χ4v) is 10.8. The van der Waals surface area contributed by atoms with Crippen LogP contribution in [0.4, 0.5) is 5.13 Å². The predicted molar refractivity (Wildman–Crippen MR) is 215 cm³/mol. The van der Waals surface area contributed by atoms with Gasteiger partial charge in [-0.3, -0.25) is 14.5 Å². The number of thiazole rings is 1. The number of anilines is 1. The highest BCUT2D eigenvalue weighted by Gasteiger charge is 2.55. The molecule has 1 saturated heterocycles. The molecule has 2 amide bonds. The van der Waals surface area contributed by atoms with Crippen LogP contribution in [0.15, 0.2) is 116 Å². The number of nitrogen functional groups attached to an aromatic ring is 1. The molecule has 282 valence electrons. The van der Waals surface area contributed by atoms with Crippen molar-refractivity contribution in [2.45, 2.75) is 27.0 Å². The summed E-state index contributed by atoms with van der Waals surface area (Å²) < 4.78 is 4.79. The predicted octanol–water partition coefficient (Wildman–Crippen LogP) is 4.90. The normalized spacial score (nSPS) is 17.1.